The molecule has 182 valence electrons. The monoisotopic (exact) mass is 514 g/mol. The largest absolute Gasteiger partial charge is 0.494 e. The van der Waals surface area contributed by atoms with Crippen molar-refractivity contribution < 1.29 is 23.8 Å². The van der Waals surface area contributed by atoms with Gasteiger partial charge in [-0.2, -0.15) is 0 Å². The van der Waals surface area contributed by atoms with Crippen molar-refractivity contribution in [1.29, 1.82) is 0 Å². The predicted octanol–water partition coefficient (Wildman–Crippen LogP) is 5.59. The molecule has 35 heavy (non-hydrogen) atoms. The highest BCUT2D eigenvalue weighted by molar-refractivity contribution is 6.35. The summed E-state index contributed by atoms with van der Waals surface area (Å²) >= 11 is 12.0. The molecule has 0 fully saturated rings. The van der Waals surface area contributed by atoms with E-state index in [1.165, 1.54) is 6.07 Å². The third kappa shape index (κ3) is 6.38. The van der Waals surface area contributed by atoms with E-state index in [1.54, 1.807) is 42.2 Å². The fourth-order valence-corrected chi connectivity index (χ4v) is 4.04. The average molecular weight is 515 g/mol. The van der Waals surface area contributed by atoms with Gasteiger partial charge in [-0.05, 0) is 61.9 Å². The lowest BCUT2D eigenvalue weighted by atomic mass is 10.1. The van der Waals surface area contributed by atoms with Gasteiger partial charge in [-0.25, -0.2) is 0 Å². The van der Waals surface area contributed by atoms with Crippen molar-refractivity contribution in [2.24, 2.45) is 0 Å². The van der Waals surface area contributed by atoms with Crippen molar-refractivity contribution >= 4 is 46.4 Å². The first kappa shape index (κ1) is 24.7. The number of anilines is 2. The lowest BCUT2D eigenvalue weighted by Crippen LogP contribution is -2.45. The summed E-state index contributed by atoms with van der Waals surface area (Å²) in [6, 6.07) is 19.4. The van der Waals surface area contributed by atoms with Gasteiger partial charge in [-0.3, -0.25) is 9.59 Å². The molecule has 1 N–H and O–H groups in total. The molecule has 0 bridgehead atoms. The maximum atomic E-state index is 12.8. The van der Waals surface area contributed by atoms with Crippen molar-refractivity contribution in [3.05, 3.63) is 76.8 Å². The van der Waals surface area contributed by atoms with Crippen LogP contribution in [0.1, 0.15) is 13.3 Å². The number of amides is 2. The minimum absolute atomic E-state index is 0.151. The zero-order chi connectivity index (χ0) is 24.8. The third-order valence-electron chi connectivity index (χ3n) is 5.24. The molecule has 1 aliphatic rings. The van der Waals surface area contributed by atoms with Crippen molar-refractivity contribution in [1.82, 2.24) is 0 Å². The van der Waals surface area contributed by atoms with E-state index in [1.807, 2.05) is 30.3 Å². The van der Waals surface area contributed by atoms with Gasteiger partial charge < -0.3 is 24.4 Å². The van der Waals surface area contributed by atoms with Crippen LogP contribution >= 0.6 is 23.2 Å². The molecule has 0 saturated carbocycles. The van der Waals surface area contributed by atoms with Crippen LogP contribution in [0, 0.1) is 0 Å². The Kier molecular flexibility index (Phi) is 8.00. The first-order valence-electron chi connectivity index (χ1n) is 11.1. The molecule has 2 amide bonds. The summed E-state index contributed by atoms with van der Waals surface area (Å²) < 4.78 is 17.0. The van der Waals surface area contributed by atoms with Gasteiger partial charge in [0.2, 0.25) is 0 Å². The van der Waals surface area contributed by atoms with Crippen LogP contribution in [-0.2, 0) is 9.59 Å². The molecular weight excluding hydrogens is 491 g/mol. The molecule has 7 nitrogen and oxygen atoms in total. The SMILES string of the molecule is CC1Oc2ccc(NC(=O)COc3ccc(Cl)cc3Cl)cc2N(CCCOc2ccccc2)C1=O. The van der Waals surface area contributed by atoms with Gasteiger partial charge in [0.15, 0.2) is 12.7 Å². The van der Waals surface area contributed by atoms with Crippen molar-refractivity contribution in [3.63, 3.8) is 0 Å². The Balaban J connectivity index is 1.38. The molecule has 1 unspecified atom stereocenters. The second kappa shape index (κ2) is 11.3. The van der Waals surface area contributed by atoms with E-state index in [-0.39, 0.29) is 18.4 Å². The fraction of sp³-hybridized carbons (Fsp3) is 0.231. The van der Waals surface area contributed by atoms with E-state index in [4.69, 9.17) is 37.4 Å². The summed E-state index contributed by atoms with van der Waals surface area (Å²) in [4.78, 5) is 26.9. The molecule has 0 aromatic heterocycles. The molecule has 3 aromatic carbocycles. The van der Waals surface area contributed by atoms with Gasteiger partial charge in [0.05, 0.1) is 17.3 Å². The average Bonchev–Trinajstić information content (AvgIpc) is 2.84. The van der Waals surface area contributed by atoms with Crippen LogP contribution in [0.15, 0.2) is 66.7 Å². The van der Waals surface area contributed by atoms with Crippen LogP contribution < -0.4 is 24.4 Å². The normalized spacial score (nSPS) is 14.7. The van der Waals surface area contributed by atoms with Gasteiger partial charge in [0, 0.05) is 17.3 Å². The second-order valence-corrected chi connectivity index (χ2v) is 8.70. The Morgan fingerprint density at radius 3 is 2.63 bits per heavy atom. The van der Waals surface area contributed by atoms with Crippen LogP contribution in [0.4, 0.5) is 11.4 Å². The molecule has 0 aliphatic carbocycles. The molecule has 1 aliphatic heterocycles. The number of fused-ring (bicyclic) bond motifs is 1. The van der Waals surface area contributed by atoms with Gasteiger partial charge in [-0.1, -0.05) is 41.4 Å². The molecule has 0 saturated heterocycles. The number of benzene rings is 3. The molecule has 0 radical (unpaired) electrons. The summed E-state index contributed by atoms with van der Waals surface area (Å²) in [6.07, 6.45) is 0.0227. The highest BCUT2D eigenvalue weighted by Gasteiger charge is 2.31. The third-order valence-corrected chi connectivity index (χ3v) is 5.77. The van der Waals surface area contributed by atoms with E-state index in [2.05, 4.69) is 5.32 Å². The Labute approximate surface area is 213 Å². The zero-order valence-electron chi connectivity index (χ0n) is 19.0. The maximum absolute atomic E-state index is 12.8. The number of carbonyl (C=O) groups excluding carboxylic acids is 2. The molecule has 3 aromatic rings. The van der Waals surface area contributed by atoms with Crippen molar-refractivity contribution in [2.75, 3.05) is 30.0 Å². The van der Waals surface area contributed by atoms with E-state index in [0.717, 1.165) is 5.75 Å². The van der Waals surface area contributed by atoms with Gasteiger partial charge in [0.1, 0.15) is 17.2 Å². The quantitative estimate of drug-likeness (QED) is 0.376. The first-order chi connectivity index (χ1) is 16.9. The fourth-order valence-electron chi connectivity index (χ4n) is 3.58. The summed E-state index contributed by atoms with van der Waals surface area (Å²) in [5.41, 5.74) is 1.10. The molecule has 0 spiro atoms. The summed E-state index contributed by atoms with van der Waals surface area (Å²) in [6.45, 7) is 2.38. The first-order valence-corrected chi connectivity index (χ1v) is 11.8. The number of rotatable bonds is 9. The van der Waals surface area contributed by atoms with E-state index in [0.29, 0.717) is 52.5 Å². The number of ether oxygens (including phenoxy) is 3. The van der Waals surface area contributed by atoms with E-state index in [9.17, 15) is 9.59 Å². The number of hydrogen-bond donors (Lipinski definition) is 1. The maximum Gasteiger partial charge on any atom is 0.267 e. The minimum atomic E-state index is -0.601. The number of carbonyl (C=O) groups is 2. The van der Waals surface area contributed by atoms with Crippen LogP contribution in [-0.4, -0.2) is 37.7 Å². The van der Waals surface area contributed by atoms with Gasteiger partial charge in [-0.15, -0.1) is 0 Å². The van der Waals surface area contributed by atoms with Gasteiger partial charge in [0.25, 0.3) is 11.8 Å². The predicted molar refractivity (Wildman–Crippen MR) is 136 cm³/mol. The standard InChI is InChI=1S/C26H24Cl2N2O5/c1-17-26(32)30(12-5-13-33-20-6-3-2-4-7-20)22-15-19(9-11-24(22)35-17)29-25(31)16-34-23-10-8-18(27)14-21(23)28/h2-4,6-11,14-15,17H,5,12-13,16H2,1H3,(H,29,31). The Morgan fingerprint density at radius 1 is 1.06 bits per heavy atom. The number of nitrogens with one attached hydrogen (secondary N) is 1. The van der Waals surface area contributed by atoms with Crippen molar-refractivity contribution in [3.8, 4) is 17.2 Å². The van der Waals surface area contributed by atoms with E-state index >= 15 is 0 Å². The van der Waals surface area contributed by atoms with Gasteiger partial charge >= 0.3 is 0 Å². The van der Waals surface area contributed by atoms with Crippen LogP contribution in [0.5, 0.6) is 17.2 Å². The lowest BCUT2D eigenvalue weighted by molar-refractivity contribution is -0.125. The topological polar surface area (TPSA) is 77.1 Å². The summed E-state index contributed by atoms with van der Waals surface area (Å²) in [5, 5.41) is 3.57. The Hall–Kier alpha value is -3.42. The zero-order valence-corrected chi connectivity index (χ0v) is 20.5. The Bertz CT molecular complexity index is 1210. The highest BCUT2D eigenvalue weighted by atomic mass is 35.5. The smallest absolute Gasteiger partial charge is 0.267 e. The molecule has 4 rings (SSSR count). The lowest BCUT2D eigenvalue weighted by Gasteiger charge is -2.33. The number of halogens is 2. The number of para-hydroxylation sites is 1. The molecular formula is C26H24Cl2N2O5. The minimum Gasteiger partial charge on any atom is -0.494 e. The summed E-state index contributed by atoms with van der Waals surface area (Å²) in [5.74, 6) is 1.18. The molecule has 9 heteroatoms. The van der Waals surface area contributed by atoms with E-state index < -0.39 is 6.10 Å². The van der Waals surface area contributed by atoms with Crippen LogP contribution in [0.2, 0.25) is 10.0 Å². The molecule has 1 atom stereocenters. The number of nitrogens with zero attached hydrogens (tertiary/aromatic N) is 1. The molecule has 1 heterocycles. The second-order valence-electron chi connectivity index (χ2n) is 7.86. The Morgan fingerprint density at radius 2 is 1.86 bits per heavy atom. The summed E-state index contributed by atoms with van der Waals surface area (Å²) in [7, 11) is 0. The van der Waals surface area contributed by atoms with Crippen LogP contribution in [0.3, 0.4) is 0 Å². The number of hydrogen-bond acceptors (Lipinski definition) is 5. The van der Waals surface area contributed by atoms with Crippen LogP contribution in [0.25, 0.3) is 0 Å². The van der Waals surface area contributed by atoms with Crippen molar-refractivity contribution in [2.45, 2.75) is 19.4 Å². The highest BCUT2D eigenvalue weighted by Crippen LogP contribution is 2.36.